The Morgan fingerprint density at radius 2 is 1.82 bits per heavy atom. The number of hydrogen-bond acceptors (Lipinski definition) is 7. The van der Waals surface area contributed by atoms with Crippen LogP contribution in [0.5, 0.6) is 0 Å². The van der Waals surface area contributed by atoms with E-state index in [0.29, 0.717) is 25.7 Å². The molecule has 4 amide bonds. The largest absolute Gasteiger partial charge is 0.465 e. The molecular weight excluding hydrogens is 605 g/mol. The Morgan fingerprint density at radius 3 is 2.44 bits per heavy atom. The highest BCUT2D eigenvalue weighted by molar-refractivity contribution is 7.91. The maximum absolute atomic E-state index is 14.0. The maximum Gasteiger partial charge on any atom is 0.412 e. The fourth-order valence-electron chi connectivity index (χ4n) is 6.61. The Balaban J connectivity index is 1.49. The van der Waals surface area contributed by atoms with Gasteiger partial charge in [0.1, 0.15) is 17.4 Å². The van der Waals surface area contributed by atoms with Crippen molar-refractivity contribution in [3.05, 3.63) is 42.2 Å². The quantitative estimate of drug-likeness (QED) is 0.352. The summed E-state index contributed by atoms with van der Waals surface area (Å²) in [6, 6.07) is 1.79. The third kappa shape index (κ3) is 6.44. The number of fused-ring (bicyclic) bond motifs is 2. The van der Waals surface area contributed by atoms with Gasteiger partial charge in [0.15, 0.2) is 0 Å². The molecule has 1 aromatic carbocycles. The highest BCUT2D eigenvalue weighted by Gasteiger charge is 2.63. The molecule has 2 saturated carbocycles. The Bertz CT molecular complexity index is 1500. The summed E-state index contributed by atoms with van der Waals surface area (Å²) < 4.78 is 40.7. The molecule has 0 radical (unpaired) electrons. The van der Waals surface area contributed by atoms with Crippen LogP contribution in [0.15, 0.2) is 36.4 Å². The van der Waals surface area contributed by atoms with E-state index in [1.807, 2.05) is 19.1 Å². The number of anilines is 1. The van der Waals surface area contributed by atoms with Crippen molar-refractivity contribution in [2.75, 3.05) is 11.4 Å². The Morgan fingerprint density at radius 1 is 1.16 bits per heavy atom. The first-order valence-electron chi connectivity index (χ1n) is 15.5. The second-order valence-corrected chi connectivity index (χ2v) is 15.7. The monoisotopic (exact) mass is 647 g/mol. The molecule has 0 spiro atoms. The molecule has 2 heterocycles. The highest BCUT2D eigenvalue weighted by atomic mass is 32.2. The van der Waals surface area contributed by atoms with Crippen LogP contribution in [-0.2, 0) is 24.4 Å². The van der Waals surface area contributed by atoms with E-state index in [-0.39, 0.29) is 36.9 Å². The minimum absolute atomic E-state index is 0.118. The molecule has 1 unspecified atom stereocenters. The zero-order valence-electron chi connectivity index (χ0n) is 25.7. The van der Waals surface area contributed by atoms with Crippen molar-refractivity contribution in [1.82, 2.24) is 14.9 Å². The molecule has 45 heavy (non-hydrogen) atoms. The van der Waals surface area contributed by atoms with Gasteiger partial charge in [-0.3, -0.25) is 24.0 Å². The lowest BCUT2D eigenvalue weighted by Crippen LogP contribution is -2.58. The van der Waals surface area contributed by atoms with Gasteiger partial charge in [0.05, 0.1) is 16.8 Å². The lowest BCUT2D eigenvalue weighted by Gasteiger charge is -2.31. The smallest absolute Gasteiger partial charge is 0.412 e. The number of carbonyl (C=O) groups excluding carboxylic acids is 3. The first kappa shape index (κ1) is 32.9. The molecule has 5 N–H and O–H groups in total. The zero-order valence-corrected chi connectivity index (χ0v) is 26.6. The van der Waals surface area contributed by atoms with Crippen LogP contribution >= 0.6 is 0 Å². The summed E-state index contributed by atoms with van der Waals surface area (Å²) in [5, 5.41) is 12.9. The van der Waals surface area contributed by atoms with Crippen LogP contribution in [0, 0.1) is 23.6 Å². The lowest BCUT2D eigenvalue weighted by molar-refractivity contribution is -0.141. The van der Waals surface area contributed by atoms with Crippen LogP contribution in [0.2, 0.25) is 0 Å². The fraction of sp³-hybridized carbons (Fsp3) is 0.613. The van der Waals surface area contributed by atoms with Crippen LogP contribution in [0.3, 0.4) is 0 Å². The lowest BCUT2D eigenvalue weighted by atomic mass is 9.88. The Hall–Kier alpha value is -3.52. The van der Waals surface area contributed by atoms with Crippen LogP contribution < -0.4 is 20.7 Å². The number of amides is 4. The van der Waals surface area contributed by atoms with E-state index >= 15 is 0 Å². The number of carbonyl (C=O) groups is 4. The van der Waals surface area contributed by atoms with Crippen LogP contribution in [0.25, 0.3) is 0 Å². The minimum atomic E-state index is -3.99. The van der Waals surface area contributed by atoms with Gasteiger partial charge in [-0.1, -0.05) is 26.0 Å². The summed E-state index contributed by atoms with van der Waals surface area (Å²) in [5.74, 6) is -3.12. The predicted molar refractivity (Wildman–Crippen MR) is 164 cm³/mol. The van der Waals surface area contributed by atoms with Crippen LogP contribution in [-0.4, -0.2) is 77.2 Å². The van der Waals surface area contributed by atoms with E-state index < -0.39 is 74.0 Å². The molecule has 7 atom stereocenters. The number of benzene rings is 1. The Kier molecular flexibility index (Phi) is 8.77. The van der Waals surface area contributed by atoms with Crippen molar-refractivity contribution >= 4 is 39.5 Å². The Labute approximate surface area is 262 Å². The van der Waals surface area contributed by atoms with Gasteiger partial charge in [-0.25, -0.2) is 17.6 Å². The van der Waals surface area contributed by atoms with E-state index in [1.165, 1.54) is 17.0 Å². The summed E-state index contributed by atoms with van der Waals surface area (Å²) in [6.45, 7) is 5.33. The SMILES string of the molecule is CC1CC/C=C\[C@@H]2C[C@@]2(C(=O)NS(=O)(=O)C2(C)CC2)NC(=O)[C@@H]2C[C@@H](N(C(=O)O)c3ccc(F)cc3)CN2C(=O)[C@@H](N)[C@H](C)C1. The molecule has 0 bridgehead atoms. The van der Waals surface area contributed by atoms with E-state index in [0.717, 1.165) is 23.5 Å². The van der Waals surface area contributed by atoms with E-state index in [1.54, 1.807) is 6.92 Å². The van der Waals surface area contributed by atoms with Crippen molar-refractivity contribution in [3.63, 3.8) is 0 Å². The summed E-state index contributed by atoms with van der Waals surface area (Å²) in [4.78, 5) is 56.3. The summed E-state index contributed by atoms with van der Waals surface area (Å²) in [5.41, 5.74) is 5.07. The number of carboxylic acid groups (broad SMARTS) is 1. The standard InChI is InChI=1S/C31H42FN5O7S/c1-18-6-4-5-7-20-16-31(20,28(40)35-45(43,44)30(3)12-13-30)34-26(38)24-15-23(17-36(24)27(39)25(33)19(2)14-18)37(29(41)42)22-10-8-21(32)9-11-22/h5,7-11,18-20,23-25H,4,6,12-17,33H2,1-3H3,(H,34,38)(H,35,40)(H,41,42)/b7-5-/t18?,19-,20-,23-,24+,25+,31-/m1/s1. The van der Waals surface area contributed by atoms with Crippen molar-refractivity contribution < 1.29 is 37.1 Å². The van der Waals surface area contributed by atoms with Gasteiger partial charge >= 0.3 is 6.09 Å². The highest BCUT2D eigenvalue weighted by Crippen LogP contribution is 2.47. The molecule has 1 saturated heterocycles. The van der Waals surface area contributed by atoms with Gasteiger partial charge in [-0.2, -0.15) is 0 Å². The molecule has 5 rings (SSSR count). The third-order valence-electron chi connectivity index (χ3n) is 10.0. The maximum atomic E-state index is 14.0. The van der Waals surface area contributed by atoms with Crippen LogP contribution in [0.1, 0.15) is 65.7 Å². The number of halogens is 1. The van der Waals surface area contributed by atoms with Gasteiger partial charge in [0.25, 0.3) is 5.91 Å². The van der Waals surface area contributed by atoms with E-state index in [2.05, 4.69) is 17.0 Å². The van der Waals surface area contributed by atoms with Crippen LogP contribution in [0.4, 0.5) is 14.9 Å². The molecule has 246 valence electrons. The number of hydrogen-bond donors (Lipinski definition) is 4. The van der Waals surface area contributed by atoms with Crippen molar-refractivity contribution in [2.24, 2.45) is 23.5 Å². The van der Waals surface area contributed by atoms with Gasteiger partial charge in [-0.05, 0) is 88.0 Å². The number of nitrogens with one attached hydrogen (secondary N) is 2. The first-order valence-corrected chi connectivity index (χ1v) is 17.0. The minimum Gasteiger partial charge on any atom is -0.465 e. The molecule has 1 aromatic rings. The molecule has 12 nitrogen and oxygen atoms in total. The summed E-state index contributed by atoms with van der Waals surface area (Å²) in [7, 11) is -3.99. The number of sulfonamides is 1. The predicted octanol–water partition coefficient (Wildman–Crippen LogP) is 2.49. The van der Waals surface area contributed by atoms with E-state index in [4.69, 9.17) is 5.73 Å². The summed E-state index contributed by atoms with van der Waals surface area (Å²) >= 11 is 0. The zero-order chi connectivity index (χ0) is 32.9. The second-order valence-electron chi connectivity index (χ2n) is 13.5. The molecule has 3 fully saturated rings. The number of nitrogens with zero attached hydrogens (tertiary/aromatic N) is 2. The summed E-state index contributed by atoms with van der Waals surface area (Å²) in [6.07, 6.45) is 5.44. The average molecular weight is 648 g/mol. The van der Waals surface area contributed by atoms with Gasteiger partial charge in [-0.15, -0.1) is 0 Å². The molecule has 2 aliphatic heterocycles. The number of rotatable bonds is 5. The van der Waals surface area contributed by atoms with Gasteiger partial charge in [0.2, 0.25) is 21.8 Å². The van der Waals surface area contributed by atoms with E-state index in [9.17, 15) is 37.1 Å². The second kappa shape index (κ2) is 12.0. The molecule has 2 aliphatic carbocycles. The van der Waals surface area contributed by atoms with Gasteiger partial charge in [0, 0.05) is 18.2 Å². The molecule has 0 aromatic heterocycles. The number of nitrogens with two attached hydrogens (primary N) is 1. The normalized spacial score (nSPS) is 33.8. The number of allylic oxidation sites excluding steroid dienone is 1. The van der Waals surface area contributed by atoms with Crippen molar-refractivity contribution in [2.45, 2.75) is 94.1 Å². The first-order chi connectivity index (χ1) is 21.1. The fourth-order valence-corrected chi connectivity index (χ4v) is 7.93. The molecule has 4 aliphatic rings. The topological polar surface area (TPSA) is 179 Å². The molecule has 14 heteroatoms. The van der Waals surface area contributed by atoms with Crippen molar-refractivity contribution in [1.29, 1.82) is 0 Å². The molecular formula is C31H42FN5O7S. The average Bonchev–Trinajstić information content (AvgIpc) is 3.85. The third-order valence-corrected chi connectivity index (χ3v) is 12.2. The van der Waals surface area contributed by atoms with Gasteiger partial charge < -0.3 is 21.1 Å². The van der Waals surface area contributed by atoms with Crippen molar-refractivity contribution in [3.8, 4) is 0 Å².